The van der Waals surface area contributed by atoms with Gasteiger partial charge in [0.1, 0.15) is 5.82 Å². The lowest BCUT2D eigenvalue weighted by atomic mass is 10.2. The van der Waals surface area contributed by atoms with Gasteiger partial charge in [-0.05, 0) is 25.1 Å². The standard InChI is InChI=1S/C12H12F3N5OS/c1-7-18-19-11(20(7)16)22-6-10(21)17-9-4-2-3-8(5-9)12(13,14)15/h2-5H,6,16H2,1H3,(H,17,21). The minimum atomic E-state index is -4.46. The summed E-state index contributed by atoms with van der Waals surface area (Å²) in [6.07, 6.45) is -4.46. The van der Waals surface area contributed by atoms with Crippen molar-refractivity contribution >= 4 is 23.4 Å². The van der Waals surface area contributed by atoms with Crippen LogP contribution in [0.2, 0.25) is 0 Å². The molecule has 1 aromatic carbocycles. The molecule has 0 saturated carbocycles. The predicted octanol–water partition coefficient (Wildman–Crippen LogP) is 2.05. The highest BCUT2D eigenvalue weighted by Crippen LogP contribution is 2.30. The van der Waals surface area contributed by atoms with Gasteiger partial charge >= 0.3 is 6.18 Å². The summed E-state index contributed by atoms with van der Waals surface area (Å²) < 4.78 is 38.9. The monoisotopic (exact) mass is 331 g/mol. The molecule has 1 heterocycles. The fraction of sp³-hybridized carbons (Fsp3) is 0.250. The third kappa shape index (κ3) is 3.91. The van der Waals surface area contributed by atoms with Gasteiger partial charge in [0.15, 0.2) is 0 Å². The number of nitrogens with two attached hydrogens (primary N) is 1. The van der Waals surface area contributed by atoms with Crippen molar-refractivity contribution in [3.63, 3.8) is 0 Å². The summed E-state index contributed by atoms with van der Waals surface area (Å²) in [4.78, 5) is 11.8. The summed E-state index contributed by atoms with van der Waals surface area (Å²) in [5, 5.41) is 10.2. The Morgan fingerprint density at radius 2 is 2.14 bits per heavy atom. The largest absolute Gasteiger partial charge is 0.416 e. The van der Waals surface area contributed by atoms with Crippen molar-refractivity contribution in [3.05, 3.63) is 35.7 Å². The third-order valence-electron chi connectivity index (χ3n) is 2.64. The van der Waals surface area contributed by atoms with E-state index in [2.05, 4.69) is 15.5 Å². The molecule has 10 heteroatoms. The summed E-state index contributed by atoms with van der Waals surface area (Å²) >= 11 is 1.04. The van der Waals surface area contributed by atoms with Crippen molar-refractivity contribution in [2.24, 2.45) is 0 Å². The minimum absolute atomic E-state index is 0.0500. The van der Waals surface area contributed by atoms with E-state index in [4.69, 9.17) is 5.84 Å². The number of aromatic nitrogens is 3. The van der Waals surface area contributed by atoms with Crippen molar-refractivity contribution in [2.75, 3.05) is 16.9 Å². The Bertz CT molecular complexity index is 686. The van der Waals surface area contributed by atoms with Crippen LogP contribution in [0.25, 0.3) is 0 Å². The van der Waals surface area contributed by atoms with Gasteiger partial charge in [-0.3, -0.25) is 4.79 Å². The van der Waals surface area contributed by atoms with Gasteiger partial charge in [-0.15, -0.1) is 10.2 Å². The Morgan fingerprint density at radius 3 is 2.73 bits per heavy atom. The zero-order chi connectivity index (χ0) is 16.3. The fourth-order valence-corrected chi connectivity index (χ4v) is 2.25. The second kappa shape index (κ2) is 6.26. The molecule has 0 aliphatic heterocycles. The summed E-state index contributed by atoms with van der Waals surface area (Å²) in [5.41, 5.74) is -0.749. The van der Waals surface area contributed by atoms with E-state index in [0.717, 1.165) is 23.9 Å². The molecule has 0 fully saturated rings. The summed E-state index contributed by atoms with van der Waals surface area (Å²) in [6.45, 7) is 1.65. The van der Waals surface area contributed by atoms with Crippen LogP contribution in [0.15, 0.2) is 29.4 Å². The van der Waals surface area contributed by atoms with Gasteiger partial charge in [0, 0.05) is 5.69 Å². The number of nitrogens with one attached hydrogen (secondary N) is 1. The summed E-state index contributed by atoms with van der Waals surface area (Å²) in [7, 11) is 0. The van der Waals surface area contributed by atoms with Crippen molar-refractivity contribution in [2.45, 2.75) is 18.3 Å². The van der Waals surface area contributed by atoms with Crippen LogP contribution >= 0.6 is 11.8 Å². The number of amides is 1. The predicted molar refractivity (Wildman–Crippen MR) is 75.7 cm³/mol. The first-order chi connectivity index (χ1) is 10.3. The van der Waals surface area contributed by atoms with Crippen LogP contribution in [0.3, 0.4) is 0 Å². The van der Waals surface area contributed by atoms with Crippen LogP contribution in [-0.2, 0) is 11.0 Å². The number of rotatable bonds is 4. The maximum atomic E-state index is 12.6. The van der Waals surface area contributed by atoms with E-state index in [1.54, 1.807) is 6.92 Å². The number of benzene rings is 1. The second-order valence-electron chi connectivity index (χ2n) is 4.32. The topological polar surface area (TPSA) is 85.8 Å². The lowest BCUT2D eigenvalue weighted by Gasteiger charge is -2.09. The quantitative estimate of drug-likeness (QED) is 0.661. The molecule has 0 spiro atoms. The van der Waals surface area contributed by atoms with Crippen LogP contribution in [0, 0.1) is 6.92 Å². The Labute approximate surface area is 127 Å². The number of hydrogen-bond acceptors (Lipinski definition) is 5. The van der Waals surface area contributed by atoms with Crippen LogP contribution in [0.5, 0.6) is 0 Å². The minimum Gasteiger partial charge on any atom is -0.336 e. The first-order valence-electron chi connectivity index (χ1n) is 6.04. The molecule has 3 N–H and O–H groups in total. The molecule has 0 unspecified atom stereocenters. The van der Waals surface area contributed by atoms with E-state index in [0.29, 0.717) is 11.0 Å². The average Bonchev–Trinajstić information content (AvgIpc) is 2.76. The van der Waals surface area contributed by atoms with E-state index in [1.807, 2.05) is 0 Å². The maximum absolute atomic E-state index is 12.6. The Kier molecular flexibility index (Phi) is 4.59. The first kappa shape index (κ1) is 16.1. The molecular formula is C12H12F3N5OS. The van der Waals surface area contributed by atoms with Crippen LogP contribution in [-0.4, -0.2) is 26.5 Å². The number of carbonyl (C=O) groups excluding carboxylic acids is 1. The Hall–Kier alpha value is -2.23. The molecule has 2 rings (SSSR count). The maximum Gasteiger partial charge on any atom is 0.416 e. The number of aryl methyl sites for hydroxylation is 1. The van der Waals surface area contributed by atoms with Gasteiger partial charge in [-0.1, -0.05) is 17.8 Å². The molecule has 0 atom stereocenters. The Balaban J connectivity index is 1.96. The molecule has 0 aliphatic carbocycles. The SMILES string of the molecule is Cc1nnc(SCC(=O)Nc2cccc(C(F)(F)F)c2)n1N. The first-order valence-corrected chi connectivity index (χ1v) is 7.03. The number of nitrogen functional groups attached to an aromatic ring is 1. The van der Waals surface area contributed by atoms with Gasteiger partial charge in [0.25, 0.3) is 0 Å². The lowest BCUT2D eigenvalue weighted by Crippen LogP contribution is -2.17. The van der Waals surface area contributed by atoms with E-state index < -0.39 is 17.6 Å². The number of alkyl halides is 3. The highest BCUT2D eigenvalue weighted by Gasteiger charge is 2.30. The summed E-state index contributed by atoms with van der Waals surface area (Å²) in [5.74, 6) is 5.59. The van der Waals surface area contributed by atoms with Crippen molar-refractivity contribution in [3.8, 4) is 0 Å². The number of halogens is 3. The molecular weight excluding hydrogens is 319 g/mol. The van der Waals surface area contributed by atoms with E-state index in [-0.39, 0.29) is 11.4 Å². The van der Waals surface area contributed by atoms with Gasteiger partial charge in [-0.25, -0.2) is 4.68 Å². The molecule has 0 radical (unpaired) electrons. The van der Waals surface area contributed by atoms with Crippen molar-refractivity contribution in [1.29, 1.82) is 0 Å². The highest BCUT2D eigenvalue weighted by molar-refractivity contribution is 7.99. The molecule has 0 bridgehead atoms. The number of hydrogen-bond donors (Lipinski definition) is 2. The number of anilines is 1. The van der Waals surface area contributed by atoms with Gasteiger partial charge in [-0.2, -0.15) is 13.2 Å². The number of carbonyl (C=O) groups is 1. The third-order valence-corrected chi connectivity index (χ3v) is 3.58. The second-order valence-corrected chi connectivity index (χ2v) is 5.26. The van der Waals surface area contributed by atoms with E-state index >= 15 is 0 Å². The summed E-state index contributed by atoms with van der Waals surface area (Å²) in [6, 6.07) is 4.42. The van der Waals surface area contributed by atoms with Crippen LogP contribution in [0.1, 0.15) is 11.4 Å². The van der Waals surface area contributed by atoms with Gasteiger partial charge < -0.3 is 11.2 Å². The van der Waals surface area contributed by atoms with Crippen LogP contribution in [0.4, 0.5) is 18.9 Å². The van der Waals surface area contributed by atoms with Crippen molar-refractivity contribution in [1.82, 2.24) is 14.9 Å². The lowest BCUT2D eigenvalue weighted by molar-refractivity contribution is -0.137. The van der Waals surface area contributed by atoms with Crippen LogP contribution < -0.4 is 11.2 Å². The van der Waals surface area contributed by atoms with Gasteiger partial charge in [0.05, 0.1) is 11.3 Å². The van der Waals surface area contributed by atoms with E-state index in [9.17, 15) is 18.0 Å². The zero-order valence-corrected chi connectivity index (χ0v) is 12.2. The smallest absolute Gasteiger partial charge is 0.336 e. The van der Waals surface area contributed by atoms with Crippen molar-refractivity contribution < 1.29 is 18.0 Å². The molecule has 22 heavy (non-hydrogen) atoms. The molecule has 0 aliphatic rings. The molecule has 1 aromatic heterocycles. The fourth-order valence-electron chi connectivity index (χ4n) is 1.55. The normalized spacial score (nSPS) is 11.5. The molecule has 1 amide bonds. The number of thioether (sulfide) groups is 1. The molecule has 118 valence electrons. The molecule has 2 aromatic rings. The zero-order valence-electron chi connectivity index (χ0n) is 11.4. The number of nitrogens with zero attached hydrogens (tertiary/aromatic N) is 3. The highest BCUT2D eigenvalue weighted by atomic mass is 32.2. The molecule has 0 saturated heterocycles. The van der Waals surface area contributed by atoms with E-state index in [1.165, 1.54) is 16.8 Å². The van der Waals surface area contributed by atoms with Gasteiger partial charge in [0.2, 0.25) is 11.1 Å². The Morgan fingerprint density at radius 1 is 1.41 bits per heavy atom. The molecule has 6 nitrogen and oxygen atoms in total. The average molecular weight is 331 g/mol.